The van der Waals surface area contributed by atoms with Crippen molar-refractivity contribution in [1.29, 1.82) is 0 Å². The number of hydrogen-bond donors (Lipinski definition) is 4. The first kappa shape index (κ1) is 33.2. The third kappa shape index (κ3) is 10.5. The molecule has 4 N–H and O–H groups in total. The molecule has 10 nitrogen and oxygen atoms in total. The van der Waals surface area contributed by atoms with Crippen LogP contribution in [0.5, 0.6) is 0 Å². The molecule has 0 heterocycles. The van der Waals surface area contributed by atoms with Crippen molar-refractivity contribution in [2.45, 2.75) is 51.9 Å². The van der Waals surface area contributed by atoms with Gasteiger partial charge in [-0.25, -0.2) is 9.59 Å². The number of hydrogen-bond acceptors (Lipinski definition) is 6. The second-order valence-corrected chi connectivity index (χ2v) is 10.2. The van der Waals surface area contributed by atoms with Gasteiger partial charge in [0.25, 0.3) is 5.91 Å². The average molecular weight is 599 g/mol. The number of benzene rings is 3. The Morgan fingerprint density at radius 3 is 2.27 bits per heavy atom. The fourth-order valence-corrected chi connectivity index (χ4v) is 4.30. The predicted octanol–water partition coefficient (Wildman–Crippen LogP) is 4.35. The molecule has 0 saturated heterocycles. The fraction of sp³-hybridized carbons (Fsp3) is 0.294. The zero-order valence-electron chi connectivity index (χ0n) is 24.9. The van der Waals surface area contributed by atoms with Gasteiger partial charge in [-0.15, -0.1) is 6.42 Å². The van der Waals surface area contributed by atoms with E-state index < -0.39 is 30.1 Å². The van der Waals surface area contributed by atoms with Gasteiger partial charge < -0.3 is 30.7 Å². The average Bonchev–Trinajstić information content (AvgIpc) is 3.02. The summed E-state index contributed by atoms with van der Waals surface area (Å²) in [6, 6.07) is 21.6. The van der Waals surface area contributed by atoms with Crippen molar-refractivity contribution >= 4 is 29.6 Å². The van der Waals surface area contributed by atoms with E-state index in [0.717, 1.165) is 22.4 Å². The molecule has 0 bridgehead atoms. The molecule has 0 saturated carbocycles. The molecule has 0 fully saturated rings. The SMILES string of the molecule is C#CC(CN(Cc1ccc(C(=O)NCC(NC(=O)OCc2ccccc2)C(=O)O)cc1)C(=O)CCC)Nc1ccccc1C. The van der Waals surface area contributed by atoms with E-state index in [9.17, 15) is 24.3 Å². The van der Waals surface area contributed by atoms with E-state index >= 15 is 0 Å². The van der Waals surface area contributed by atoms with Crippen LogP contribution in [0.2, 0.25) is 0 Å². The minimum absolute atomic E-state index is 0.0220. The highest BCUT2D eigenvalue weighted by Crippen LogP contribution is 2.16. The van der Waals surface area contributed by atoms with Crippen LogP contribution in [0.4, 0.5) is 10.5 Å². The third-order valence-electron chi connectivity index (χ3n) is 6.75. The van der Waals surface area contributed by atoms with Crippen molar-refractivity contribution < 1.29 is 29.0 Å². The van der Waals surface area contributed by atoms with Crippen LogP contribution in [0.1, 0.15) is 46.8 Å². The van der Waals surface area contributed by atoms with Gasteiger partial charge in [-0.1, -0.05) is 73.5 Å². The molecule has 0 aliphatic rings. The number of nitrogens with one attached hydrogen (secondary N) is 3. The topological polar surface area (TPSA) is 137 Å². The summed E-state index contributed by atoms with van der Waals surface area (Å²) in [5, 5.41) is 17.6. The van der Waals surface area contributed by atoms with Gasteiger partial charge >= 0.3 is 12.1 Å². The standard InChI is InChI=1S/C34H38N4O6/c1-4-11-31(39)38(22-28(5-2)36-29-15-10-9-12-24(29)3)21-25-16-18-27(19-17-25)32(40)35-20-30(33(41)42)37-34(43)44-23-26-13-7-6-8-14-26/h2,6-10,12-19,28,30,36H,4,11,20-23H2,1,3H3,(H,35,40)(H,37,43)(H,41,42). The first-order valence-corrected chi connectivity index (χ1v) is 14.3. The molecule has 2 atom stereocenters. The lowest BCUT2D eigenvalue weighted by Gasteiger charge is -2.27. The first-order valence-electron chi connectivity index (χ1n) is 14.3. The van der Waals surface area contributed by atoms with Gasteiger partial charge in [0.2, 0.25) is 5.91 Å². The van der Waals surface area contributed by atoms with Crippen molar-refractivity contribution in [2.75, 3.05) is 18.4 Å². The fourth-order valence-electron chi connectivity index (χ4n) is 4.30. The molecule has 3 aromatic rings. The van der Waals surface area contributed by atoms with Crippen LogP contribution in [-0.2, 0) is 27.5 Å². The highest BCUT2D eigenvalue weighted by molar-refractivity contribution is 5.94. The van der Waals surface area contributed by atoms with Crippen LogP contribution >= 0.6 is 0 Å². The zero-order valence-corrected chi connectivity index (χ0v) is 24.9. The molecule has 10 heteroatoms. The van der Waals surface area contributed by atoms with Crippen LogP contribution < -0.4 is 16.0 Å². The van der Waals surface area contributed by atoms with Crippen molar-refractivity contribution in [3.8, 4) is 12.3 Å². The van der Waals surface area contributed by atoms with Crippen molar-refractivity contribution in [1.82, 2.24) is 15.5 Å². The molecular weight excluding hydrogens is 560 g/mol. The van der Waals surface area contributed by atoms with E-state index in [4.69, 9.17) is 11.2 Å². The molecule has 0 aliphatic heterocycles. The second-order valence-electron chi connectivity index (χ2n) is 10.2. The number of aryl methyl sites for hydroxylation is 1. The summed E-state index contributed by atoms with van der Waals surface area (Å²) in [6.45, 7) is 4.13. The number of carboxylic acids is 1. The van der Waals surface area contributed by atoms with Crippen molar-refractivity contribution in [3.05, 3.63) is 101 Å². The lowest BCUT2D eigenvalue weighted by atomic mass is 10.1. The highest BCUT2D eigenvalue weighted by atomic mass is 16.5. The maximum atomic E-state index is 13.0. The van der Waals surface area contributed by atoms with Gasteiger partial charge in [-0.2, -0.15) is 0 Å². The van der Waals surface area contributed by atoms with E-state index in [1.165, 1.54) is 0 Å². The van der Waals surface area contributed by atoms with Gasteiger partial charge in [0.05, 0.1) is 6.54 Å². The summed E-state index contributed by atoms with van der Waals surface area (Å²) in [5.41, 5.74) is 3.78. The van der Waals surface area contributed by atoms with Gasteiger partial charge in [-0.05, 0) is 48.2 Å². The van der Waals surface area contributed by atoms with Crippen LogP contribution in [0.3, 0.4) is 0 Å². The molecular formula is C34H38N4O6. The van der Waals surface area contributed by atoms with Gasteiger partial charge in [0, 0.05) is 30.8 Å². The van der Waals surface area contributed by atoms with E-state index in [1.807, 2.05) is 44.2 Å². The Kier molecular flexibility index (Phi) is 12.8. The maximum Gasteiger partial charge on any atom is 0.408 e. The van der Waals surface area contributed by atoms with E-state index in [-0.39, 0.29) is 19.1 Å². The number of rotatable bonds is 15. The second kappa shape index (κ2) is 17.0. The summed E-state index contributed by atoms with van der Waals surface area (Å²) in [7, 11) is 0. The number of nitrogens with zero attached hydrogens (tertiary/aromatic N) is 1. The normalized spacial score (nSPS) is 11.8. The maximum absolute atomic E-state index is 13.0. The lowest BCUT2D eigenvalue weighted by molar-refractivity contribution is -0.139. The smallest absolute Gasteiger partial charge is 0.408 e. The number of carbonyl (C=O) groups is 4. The summed E-state index contributed by atoms with van der Waals surface area (Å²) < 4.78 is 5.07. The number of carboxylic acid groups (broad SMARTS) is 1. The first-order chi connectivity index (χ1) is 21.2. The Labute approximate surface area is 257 Å². The summed E-state index contributed by atoms with van der Waals surface area (Å²) in [5.74, 6) is 0.866. The molecule has 3 amide bonds. The lowest BCUT2D eigenvalue weighted by Crippen LogP contribution is -2.48. The molecule has 0 aliphatic carbocycles. The van der Waals surface area contributed by atoms with E-state index in [0.29, 0.717) is 31.5 Å². The van der Waals surface area contributed by atoms with Crippen molar-refractivity contribution in [3.63, 3.8) is 0 Å². The third-order valence-corrected chi connectivity index (χ3v) is 6.75. The Morgan fingerprint density at radius 1 is 0.955 bits per heavy atom. The Morgan fingerprint density at radius 2 is 1.64 bits per heavy atom. The van der Waals surface area contributed by atoms with Crippen LogP contribution in [0.15, 0.2) is 78.9 Å². The molecule has 0 spiro atoms. The number of terminal acetylenes is 1. The zero-order chi connectivity index (χ0) is 31.9. The summed E-state index contributed by atoms with van der Waals surface area (Å²) in [4.78, 5) is 51.2. The monoisotopic (exact) mass is 598 g/mol. The van der Waals surface area contributed by atoms with E-state index in [1.54, 1.807) is 53.4 Å². The molecule has 3 aromatic carbocycles. The molecule has 3 rings (SSSR count). The highest BCUT2D eigenvalue weighted by Gasteiger charge is 2.22. The van der Waals surface area contributed by atoms with Crippen molar-refractivity contribution in [2.24, 2.45) is 0 Å². The van der Waals surface area contributed by atoms with Crippen LogP contribution in [0.25, 0.3) is 0 Å². The molecule has 230 valence electrons. The molecule has 44 heavy (non-hydrogen) atoms. The number of para-hydroxylation sites is 1. The van der Waals surface area contributed by atoms with Gasteiger partial charge in [-0.3, -0.25) is 9.59 Å². The number of ether oxygens (including phenoxy) is 1. The quantitative estimate of drug-likeness (QED) is 0.191. The van der Waals surface area contributed by atoms with Gasteiger partial charge in [0.15, 0.2) is 0 Å². The number of carbonyl (C=O) groups excluding carboxylic acids is 3. The Balaban J connectivity index is 1.57. The Hall–Kier alpha value is -5.30. The molecule has 0 radical (unpaired) electrons. The summed E-state index contributed by atoms with van der Waals surface area (Å²) >= 11 is 0. The van der Waals surface area contributed by atoms with Gasteiger partial charge in [0.1, 0.15) is 18.7 Å². The number of anilines is 1. The molecule has 2 unspecified atom stereocenters. The molecule has 0 aromatic heterocycles. The van der Waals surface area contributed by atoms with Crippen LogP contribution in [0, 0.1) is 19.3 Å². The predicted molar refractivity (Wildman–Crippen MR) is 168 cm³/mol. The number of alkyl carbamates (subject to hydrolysis) is 1. The number of amides is 3. The number of aliphatic carboxylic acids is 1. The van der Waals surface area contributed by atoms with Crippen LogP contribution in [-0.4, -0.2) is 59.1 Å². The Bertz CT molecular complexity index is 1450. The largest absolute Gasteiger partial charge is 0.480 e. The minimum Gasteiger partial charge on any atom is -0.480 e. The minimum atomic E-state index is -1.39. The van der Waals surface area contributed by atoms with E-state index in [2.05, 4.69) is 21.9 Å². The summed E-state index contributed by atoms with van der Waals surface area (Å²) in [6.07, 6.45) is 5.97.